The molecule has 0 radical (unpaired) electrons. The molecule has 8 heteroatoms. The number of halogens is 3. The normalized spacial score (nSPS) is 13.8. The van der Waals surface area contributed by atoms with Gasteiger partial charge in [0.15, 0.2) is 20.1 Å². The Hall–Kier alpha value is -3.69. The lowest BCUT2D eigenvalue weighted by Gasteiger charge is -2.37. The van der Waals surface area contributed by atoms with Gasteiger partial charge >= 0.3 is 6.18 Å². The molecule has 41 heavy (non-hydrogen) atoms. The Morgan fingerprint density at radius 2 is 0.756 bits per heavy atom. The third kappa shape index (κ3) is 5.74. The highest BCUT2D eigenvalue weighted by atomic mass is 31.2. The highest BCUT2D eigenvalue weighted by Crippen LogP contribution is 2.60. The minimum absolute atomic E-state index is 0.0575. The van der Waals surface area contributed by atoms with Crippen LogP contribution in [0.2, 0.25) is 0 Å². The van der Waals surface area contributed by atoms with E-state index in [-0.39, 0.29) is 10.6 Å². The van der Waals surface area contributed by atoms with Crippen LogP contribution in [0.15, 0.2) is 152 Å². The Labute approximate surface area is 237 Å². The molecule has 3 nitrogen and oxygen atoms in total. The van der Waals surface area contributed by atoms with Crippen LogP contribution in [0.5, 0.6) is 0 Å². The number of benzene rings is 5. The average Bonchev–Trinajstić information content (AvgIpc) is 3.02. The summed E-state index contributed by atoms with van der Waals surface area (Å²) >= 11 is 0. The summed E-state index contributed by atoms with van der Waals surface area (Å²) in [6, 6.07) is 41.0. The van der Waals surface area contributed by atoms with E-state index in [0.717, 1.165) is 0 Å². The molecule has 0 spiro atoms. The van der Waals surface area contributed by atoms with Gasteiger partial charge in [-0.3, -0.25) is 5.32 Å². The Balaban J connectivity index is 1.79. The molecule has 5 aromatic rings. The average molecular weight is 590 g/mol. The highest BCUT2D eigenvalue weighted by molar-refractivity contribution is 7.80. The molecule has 0 amide bonds. The van der Waals surface area contributed by atoms with Crippen molar-refractivity contribution in [2.75, 3.05) is 0 Å². The lowest BCUT2D eigenvalue weighted by atomic mass is 10.2. The Morgan fingerprint density at radius 1 is 0.463 bits per heavy atom. The summed E-state index contributed by atoms with van der Waals surface area (Å²) < 4.78 is 76.5. The van der Waals surface area contributed by atoms with Crippen molar-refractivity contribution < 1.29 is 22.3 Å². The molecule has 0 heterocycles. The van der Waals surface area contributed by atoms with Crippen LogP contribution >= 0.6 is 14.3 Å². The molecule has 0 aliphatic heterocycles. The molecule has 5 rings (SSSR count). The van der Waals surface area contributed by atoms with Crippen molar-refractivity contribution in [1.29, 1.82) is 0 Å². The molecule has 0 aliphatic carbocycles. The van der Waals surface area contributed by atoms with Crippen molar-refractivity contribution in [3.05, 3.63) is 157 Å². The molecule has 208 valence electrons. The third-order valence-electron chi connectivity index (χ3n) is 7.03. The van der Waals surface area contributed by atoms with Crippen molar-refractivity contribution in [2.45, 2.75) is 17.7 Å². The number of hydrogen-bond donors (Lipinski definition) is 1. The van der Waals surface area contributed by atoms with E-state index >= 15 is 22.3 Å². The summed E-state index contributed by atoms with van der Waals surface area (Å²) in [5.41, 5.74) is 0.394. The van der Waals surface area contributed by atoms with Gasteiger partial charge in [0.1, 0.15) is 0 Å². The first-order valence-corrected chi connectivity index (χ1v) is 16.6. The van der Waals surface area contributed by atoms with Gasteiger partial charge < -0.3 is 9.13 Å². The molecule has 2 atom stereocenters. The summed E-state index contributed by atoms with van der Waals surface area (Å²) in [6.07, 6.45) is -4.97. The van der Waals surface area contributed by atoms with Crippen LogP contribution in [-0.2, 0) is 9.13 Å². The van der Waals surface area contributed by atoms with Crippen LogP contribution in [0, 0.1) is 0 Å². The molecule has 0 bridgehead atoms. The van der Waals surface area contributed by atoms with Gasteiger partial charge in [-0.25, -0.2) is 0 Å². The standard InChI is InChI=1S/C33H28F3NO2P2/c34-33(35,36)32(41(39,29-22-12-4-13-23-29)30-24-14-5-15-25-30)37-31(26-16-6-1-7-17-26)40(38,27-18-8-2-9-19-27)28-20-10-3-11-21-28/h1-25,31-32,37H/t31-,32+/m1/s1. The Bertz CT molecular complexity index is 1560. The van der Waals surface area contributed by atoms with Gasteiger partial charge in [0, 0.05) is 21.2 Å². The number of rotatable bonds is 9. The number of nitrogens with one attached hydrogen (secondary N) is 1. The molecule has 0 saturated carbocycles. The minimum Gasteiger partial charge on any atom is -0.312 e. The van der Waals surface area contributed by atoms with E-state index in [4.69, 9.17) is 0 Å². The first-order chi connectivity index (χ1) is 19.8. The predicted molar refractivity (Wildman–Crippen MR) is 162 cm³/mol. The zero-order chi connectivity index (χ0) is 28.9. The second-order valence-corrected chi connectivity index (χ2v) is 15.3. The maximum absolute atomic E-state index is 15.5. The minimum atomic E-state index is -4.97. The van der Waals surface area contributed by atoms with Crippen LogP contribution in [0.3, 0.4) is 0 Å². The number of hydrogen-bond acceptors (Lipinski definition) is 3. The molecule has 1 N–H and O–H groups in total. The SMILES string of the molecule is O=P(c1ccccc1)(c1ccccc1)[C@H](N[C@@H](c1ccccc1)P(=O)(c1ccccc1)c1ccccc1)C(F)(F)F. The van der Waals surface area contributed by atoms with Gasteiger partial charge in [0.25, 0.3) is 0 Å². The van der Waals surface area contributed by atoms with E-state index < -0.39 is 32.0 Å². The van der Waals surface area contributed by atoms with E-state index in [1.807, 2.05) is 0 Å². The summed E-state index contributed by atoms with van der Waals surface area (Å²) in [6.45, 7) is 0. The lowest BCUT2D eigenvalue weighted by molar-refractivity contribution is -0.136. The Morgan fingerprint density at radius 3 is 1.07 bits per heavy atom. The van der Waals surface area contributed by atoms with Gasteiger partial charge in [0.2, 0.25) is 0 Å². The van der Waals surface area contributed by atoms with Gasteiger partial charge in [-0.1, -0.05) is 152 Å². The molecule has 0 unspecified atom stereocenters. The van der Waals surface area contributed by atoms with Gasteiger partial charge in [0.05, 0.1) is 5.78 Å². The van der Waals surface area contributed by atoms with Crippen molar-refractivity contribution in [2.24, 2.45) is 0 Å². The van der Waals surface area contributed by atoms with Crippen molar-refractivity contribution in [3.63, 3.8) is 0 Å². The van der Waals surface area contributed by atoms with Gasteiger partial charge in [-0.2, -0.15) is 13.2 Å². The van der Waals surface area contributed by atoms with Crippen LogP contribution < -0.4 is 26.5 Å². The lowest BCUT2D eigenvalue weighted by Crippen LogP contribution is -2.49. The fraction of sp³-hybridized carbons (Fsp3) is 0.0909. The topological polar surface area (TPSA) is 46.2 Å². The third-order valence-corrected chi connectivity index (χ3v) is 13.6. The molecular formula is C33H28F3NO2P2. The molecule has 0 saturated heterocycles. The van der Waals surface area contributed by atoms with Crippen molar-refractivity contribution >= 4 is 35.5 Å². The first-order valence-electron chi connectivity index (χ1n) is 13.1. The van der Waals surface area contributed by atoms with Crippen LogP contribution in [-0.4, -0.2) is 12.0 Å². The Kier molecular flexibility index (Phi) is 8.47. The maximum atomic E-state index is 15.5. The zero-order valence-electron chi connectivity index (χ0n) is 21.9. The summed E-state index contributed by atoms with van der Waals surface area (Å²) in [4.78, 5) is 0. The number of alkyl halides is 3. The van der Waals surface area contributed by atoms with Gasteiger partial charge in [-0.15, -0.1) is 0 Å². The zero-order valence-corrected chi connectivity index (χ0v) is 23.7. The fourth-order valence-corrected chi connectivity index (χ4v) is 11.2. The predicted octanol–water partition coefficient (Wildman–Crippen LogP) is 7.19. The molecular weight excluding hydrogens is 561 g/mol. The highest BCUT2D eigenvalue weighted by Gasteiger charge is 2.55. The molecule has 0 aromatic heterocycles. The fourth-order valence-electron chi connectivity index (χ4n) is 5.09. The summed E-state index contributed by atoms with van der Waals surface area (Å²) in [5.74, 6) is -3.88. The largest absolute Gasteiger partial charge is 0.411 e. The first kappa shape index (κ1) is 28.8. The van der Waals surface area contributed by atoms with Crippen LogP contribution in [0.1, 0.15) is 11.3 Å². The van der Waals surface area contributed by atoms with Crippen LogP contribution in [0.25, 0.3) is 0 Å². The quantitative estimate of drug-likeness (QED) is 0.185. The van der Waals surface area contributed by atoms with E-state index in [0.29, 0.717) is 16.2 Å². The summed E-state index contributed by atoms with van der Waals surface area (Å²) in [7, 11) is -8.30. The molecule has 5 aromatic carbocycles. The van der Waals surface area contributed by atoms with Crippen molar-refractivity contribution in [1.82, 2.24) is 5.32 Å². The maximum Gasteiger partial charge on any atom is 0.411 e. The van der Waals surface area contributed by atoms with Crippen molar-refractivity contribution in [3.8, 4) is 0 Å². The molecule has 0 aliphatic rings. The van der Waals surface area contributed by atoms with E-state index in [9.17, 15) is 0 Å². The smallest absolute Gasteiger partial charge is 0.312 e. The van der Waals surface area contributed by atoms with E-state index in [1.165, 1.54) is 24.3 Å². The second kappa shape index (κ2) is 12.0. The monoisotopic (exact) mass is 589 g/mol. The summed E-state index contributed by atoms with van der Waals surface area (Å²) in [5, 5.41) is 3.63. The van der Waals surface area contributed by atoms with E-state index in [2.05, 4.69) is 5.32 Å². The van der Waals surface area contributed by atoms with Gasteiger partial charge in [-0.05, 0) is 5.56 Å². The molecule has 0 fully saturated rings. The van der Waals surface area contributed by atoms with Crippen LogP contribution in [0.4, 0.5) is 13.2 Å². The second-order valence-electron chi connectivity index (χ2n) is 9.58. The van der Waals surface area contributed by atoms with E-state index in [1.54, 1.807) is 127 Å².